The second-order valence-electron chi connectivity index (χ2n) is 10.8. The molecule has 0 spiro atoms. The summed E-state index contributed by atoms with van der Waals surface area (Å²) in [4.78, 5) is 0.215. The third kappa shape index (κ3) is 3.72. The Morgan fingerprint density at radius 2 is 1.89 bits per heavy atom. The van der Waals surface area contributed by atoms with E-state index in [2.05, 4.69) is 36.2 Å². The number of aromatic nitrogens is 4. The molecular weight excluding hydrogens is 493 g/mol. The fraction of sp³-hybridized carbons (Fsp3) is 0.407. The van der Waals surface area contributed by atoms with Crippen molar-refractivity contribution in [1.29, 1.82) is 0 Å². The molecule has 10 heteroatoms. The highest BCUT2D eigenvalue weighted by Gasteiger charge is 2.60. The van der Waals surface area contributed by atoms with Crippen molar-refractivity contribution in [2.75, 3.05) is 20.2 Å². The van der Waals surface area contributed by atoms with E-state index in [1.54, 1.807) is 36.8 Å². The van der Waals surface area contributed by atoms with E-state index in [0.717, 1.165) is 40.6 Å². The number of hydrogen-bond donors (Lipinski definition) is 0. The van der Waals surface area contributed by atoms with Crippen molar-refractivity contribution >= 4 is 20.9 Å². The van der Waals surface area contributed by atoms with Gasteiger partial charge in [-0.05, 0) is 80.1 Å². The normalized spacial score (nSPS) is 26.2. The molecule has 4 aromatic rings. The second kappa shape index (κ2) is 8.21. The van der Waals surface area contributed by atoms with E-state index in [9.17, 15) is 12.8 Å². The molecule has 37 heavy (non-hydrogen) atoms. The maximum absolute atomic E-state index is 13.6. The molecule has 2 aromatic carbocycles. The van der Waals surface area contributed by atoms with Crippen molar-refractivity contribution in [3.8, 4) is 5.69 Å². The van der Waals surface area contributed by atoms with Gasteiger partial charge in [0.25, 0.3) is 0 Å². The van der Waals surface area contributed by atoms with E-state index in [1.807, 2.05) is 10.9 Å². The molecule has 0 N–H and O–H groups in total. The van der Waals surface area contributed by atoms with Crippen molar-refractivity contribution in [1.82, 2.24) is 23.9 Å². The Morgan fingerprint density at radius 1 is 1.14 bits per heavy atom. The average molecular weight is 524 g/mol. The first-order valence-corrected chi connectivity index (χ1v) is 13.8. The maximum Gasteiger partial charge on any atom is 0.246 e. The Labute approximate surface area is 215 Å². The van der Waals surface area contributed by atoms with Crippen LogP contribution in [0.5, 0.6) is 0 Å². The van der Waals surface area contributed by atoms with E-state index in [0.29, 0.717) is 13.1 Å². The average Bonchev–Trinajstić information content (AvgIpc) is 3.61. The van der Waals surface area contributed by atoms with Crippen LogP contribution in [-0.4, -0.2) is 58.1 Å². The van der Waals surface area contributed by atoms with Gasteiger partial charge in [0.15, 0.2) is 0 Å². The summed E-state index contributed by atoms with van der Waals surface area (Å²) in [5.41, 5.74) is 3.17. The zero-order chi connectivity index (χ0) is 26.2. The number of methoxy groups -OCH3 is 1. The lowest BCUT2D eigenvalue weighted by Gasteiger charge is -2.33. The highest BCUT2D eigenvalue weighted by molar-refractivity contribution is 7.89. The van der Waals surface area contributed by atoms with Crippen LogP contribution in [-0.2, 0) is 27.2 Å². The van der Waals surface area contributed by atoms with Gasteiger partial charge in [-0.3, -0.25) is 4.68 Å². The van der Waals surface area contributed by atoms with Crippen molar-refractivity contribution in [2.24, 2.45) is 13.0 Å². The van der Waals surface area contributed by atoms with Gasteiger partial charge in [-0.1, -0.05) is 0 Å². The molecule has 6 rings (SSSR count). The molecule has 3 heterocycles. The predicted molar refractivity (Wildman–Crippen MR) is 138 cm³/mol. The number of ether oxygens (including phenoxy) is 1. The molecule has 1 aliphatic heterocycles. The van der Waals surface area contributed by atoms with Gasteiger partial charge < -0.3 is 4.74 Å². The smallest absolute Gasteiger partial charge is 0.246 e. The van der Waals surface area contributed by atoms with E-state index < -0.39 is 15.4 Å². The van der Waals surface area contributed by atoms with Crippen LogP contribution in [0.4, 0.5) is 4.39 Å². The monoisotopic (exact) mass is 523 g/mol. The van der Waals surface area contributed by atoms with Gasteiger partial charge in [-0.15, -0.1) is 0 Å². The summed E-state index contributed by atoms with van der Waals surface area (Å²) in [5.74, 6) is -0.189. The zero-order valence-electron chi connectivity index (χ0n) is 21.3. The minimum atomic E-state index is -3.68. The molecule has 194 valence electrons. The summed E-state index contributed by atoms with van der Waals surface area (Å²) in [7, 11) is -0.225. The molecule has 3 atom stereocenters. The van der Waals surface area contributed by atoms with E-state index >= 15 is 0 Å². The molecular formula is C27H30FN5O3S. The molecule has 8 nitrogen and oxygen atoms in total. The lowest BCUT2D eigenvalue weighted by Crippen LogP contribution is -2.38. The van der Waals surface area contributed by atoms with Gasteiger partial charge in [0.2, 0.25) is 10.0 Å². The summed E-state index contributed by atoms with van der Waals surface area (Å²) in [6.07, 6.45) is 6.28. The third-order valence-corrected chi connectivity index (χ3v) is 10.1. The van der Waals surface area contributed by atoms with Gasteiger partial charge >= 0.3 is 0 Å². The number of nitrogens with zero attached hydrogens (tertiary/aromatic N) is 5. The van der Waals surface area contributed by atoms with Crippen LogP contribution < -0.4 is 0 Å². The highest BCUT2D eigenvalue weighted by Crippen LogP contribution is 2.57. The lowest BCUT2D eigenvalue weighted by atomic mass is 9.72. The van der Waals surface area contributed by atoms with Gasteiger partial charge in [0.05, 0.1) is 29.2 Å². The summed E-state index contributed by atoms with van der Waals surface area (Å²) < 4.78 is 51.5. The van der Waals surface area contributed by atoms with Crippen LogP contribution in [0.1, 0.15) is 30.9 Å². The first-order valence-electron chi connectivity index (χ1n) is 12.3. The van der Waals surface area contributed by atoms with Crippen LogP contribution in [0.2, 0.25) is 0 Å². The molecule has 1 aliphatic carbocycles. The van der Waals surface area contributed by atoms with Crippen LogP contribution in [0, 0.1) is 18.7 Å². The predicted octanol–water partition coefficient (Wildman–Crippen LogP) is 3.96. The molecule has 0 unspecified atom stereocenters. The molecule has 2 aliphatic rings. The van der Waals surface area contributed by atoms with Gasteiger partial charge in [-0.2, -0.15) is 14.5 Å². The molecule has 2 aromatic heterocycles. The number of benzene rings is 2. The molecule has 1 saturated heterocycles. The van der Waals surface area contributed by atoms with Crippen LogP contribution in [0.15, 0.2) is 59.9 Å². The molecule has 0 radical (unpaired) electrons. The highest BCUT2D eigenvalue weighted by atomic mass is 32.2. The van der Waals surface area contributed by atoms with E-state index in [-0.39, 0.29) is 22.2 Å². The topological polar surface area (TPSA) is 82.2 Å². The van der Waals surface area contributed by atoms with Crippen molar-refractivity contribution in [3.63, 3.8) is 0 Å². The van der Waals surface area contributed by atoms with Gasteiger partial charge in [-0.25, -0.2) is 17.5 Å². The Hall–Kier alpha value is -3.08. The van der Waals surface area contributed by atoms with Crippen LogP contribution in [0.25, 0.3) is 16.6 Å². The number of hydrogen-bond acceptors (Lipinski definition) is 5. The van der Waals surface area contributed by atoms with Crippen LogP contribution >= 0.6 is 0 Å². The second-order valence-corrected chi connectivity index (χ2v) is 12.7. The first kappa shape index (κ1) is 24.3. The Balaban J connectivity index is 1.45. The number of aryl methyl sites for hydroxylation is 2. The standard InChI is InChI=1S/C27H30FN5O3S/c1-18-9-25-19(12-30-33(25)22-7-5-21(28)6-8-22)10-24(18)27-16-26(2,36-4)11-20(27)14-32(17-27)37(34,35)23-13-29-31(3)15-23/h5-10,12-13,15,20H,11,14,16-17H2,1-4H3/t20-,26-,27-/m0/s1. The number of sulfonamides is 1. The summed E-state index contributed by atoms with van der Waals surface area (Å²) in [6, 6.07) is 10.5. The van der Waals surface area contributed by atoms with Gasteiger partial charge in [0, 0.05) is 44.2 Å². The minimum absolute atomic E-state index is 0.104. The largest absolute Gasteiger partial charge is 0.378 e. The van der Waals surface area contributed by atoms with Crippen molar-refractivity contribution in [2.45, 2.75) is 42.6 Å². The SMILES string of the molecule is CO[C@@]1(C)C[C@H]2CN(S(=O)(=O)c3cnn(C)c3)C[C@@]2(c2cc3cnn(-c4ccc(F)cc4)c3cc2C)C1. The number of fused-ring (bicyclic) bond motifs is 2. The maximum atomic E-state index is 13.6. The Bertz CT molecular complexity index is 1610. The fourth-order valence-electron chi connectivity index (χ4n) is 6.57. The lowest BCUT2D eigenvalue weighted by molar-refractivity contribution is 0.00293. The summed E-state index contributed by atoms with van der Waals surface area (Å²) >= 11 is 0. The molecule has 2 fully saturated rings. The molecule has 0 amide bonds. The van der Waals surface area contributed by atoms with Crippen molar-refractivity contribution in [3.05, 3.63) is 71.9 Å². The number of halogens is 1. The van der Waals surface area contributed by atoms with Crippen LogP contribution in [0.3, 0.4) is 0 Å². The first-order chi connectivity index (χ1) is 17.5. The van der Waals surface area contributed by atoms with E-state index in [1.165, 1.54) is 23.0 Å². The Morgan fingerprint density at radius 3 is 2.57 bits per heavy atom. The van der Waals surface area contributed by atoms with Crippen molar-refractivity contribution < 1.29 is 17.5 Å². The van der Waals surface area contributed by atoms with Gasteiger partial charge in [0.1, 0.15) is 10.7 Å². The molecule has 1 saturated carbocycles. The summed E-state index contributed by atoms with van der Waals surface area (Å²) in [6.45, 7) is 5.01. The van der Waals surface area contributed by atoms with E-state index in [4.69, 9.17) is 4.74 Å². The summed E-state index contributed by atoms with van der Waals surface area (Å²) in [5, 5.41) is 9.62. The fourth-order valence-corrected chi connectivity index (χ4v) is 8.11. The quantitative estimate of drug-likeness (QED) is 0.396. The third-order valence-electron chi connectivity index (χ3n) is 8.37. The Kier molecular flexibility index (Phi) is 5.38. The number of rotatable bonds is 5. The molecule has 0 bridgehead atoms. The zero-order valence-corrected chi connectivity index (χ0v) is 22.2. The minimum Gasteiger partial charge on any atom is -0.378 e.